The van der Waals surface area contributed by atoms with Crippen molar-refractivity contribution in [1.29, 1.82) is 0 Å². The molecule has 2 nitrogen and oxygen atoms in total. The number of anilines is 1. The molecule has 0 aliphatic carbocycles. The van der Waals surface area contributed by atoms with Crippen molar-refractivity contribution in [1.82, 2.24) is 0 Å². The number of rotatable bonds is 3. The minimum absolute atomic E-state index is 0. The highest BCUT2D eigenvalue weighted by Crippen LogP contribution is 2.19. The van der Waals surface area contributed by atoms with Crippen LogP contribution in [0.4, 0.5) is 5.69 Å². The Bertz CT molecular complexity index is 516. The second-order valence-electron chi connectivity index (χ2n) is 3.55. The molecule has 3 heteroatoms. The van der Waals surface area contributed by atoms with Crippen molar-refractivity contribution in [3.8, 4) is 0 Å². The van der Waals surface area contributed by atoms with E-state index in [1.165, 1.54) is 0 Å². The van der Waals surface area contributed by atoms with E-state index >= 15 is 0 Å². The Morgan fingerprint density at radius 1 is 1.12 bits per heavy atom. The number of hydrogen-bond donors (Lipinski definition) is 1. The number of nitrogens with one attached hydrogen (secondary N) is 1. The molecule has 0 aliphatic heterocycles. The number of carbonyl (C=O) groups excluding carboxylic acids is 1. The smallest absolute Gasteiger partial charge is 0.255 e. The van der Waals surface area contributed by atoms with Gasteiger partial charge in [0.15, 0.2) is 0 Å². The lowest BCUT2D eigenvalue weighted by Crippen LogP contribution is -2.11. The number of carbonyl (C=O) groups is 1. The lowest BCUT2D eigenvalue weighted by Gasteiger charge is -2.06. The van der Waals surface area contributed by atoms with Crippen LogP contribution in [-0.4, -0.2) is 12.2 Å². The topological polar surface area (TPSA) is 29.1 Å². The Kier molecular flexibility index (Phi) is 3.83. The van der Waals surface area contributed by atoms with Gasteiger partial charge in [-0.2, -0.15) is 0 Å². The summed E-state index contributed by atoms with van der Waals surface area (Å²) in [6.45, 7) is 0. The molecule has 0 saturated carbocycles. The van der Waals surface area contributed by atoms with Crippen molar-refractivity contribution < 1.29 is 6.22 Å². The maximum atomic E-state index is 11.9. The highest BCUT2D eigenvalue weighted by Gasteiger charge is 2.04. The van der Waals surface area contributed by atoms with Gasteiger partial charge in [0.05, 0.1) is 0 Å². The van der Waals surface area contributed by atoms with Gasteiger partial charge >= 0.3 is 0 Å². The minimum atomic E-state index is -0.0798. The van der Waals surface area contributed by atoms with Crippen LogP contribution in [0.3, 0.4) is 0 Å². The van der Waals surface area contributed by atoms with Gasteiger partial charge in [0.2, 0.25) is 0 Å². The minimum Gasteiger partial charge on any atom is -0.322 e. The second-order valence-corrected chi connectivity index (χ2v) is 4.43. The number of thioether (sulfide) groups is 1. The lowest BCUT2D eigenvalue weighted by molar-refractivity contribution is 0.102. The van der Waals surface area contributed by atoms with Crippen LogP contribution < -0.4 is 5.32 Å². The Hall–Kier alpha value is -1.74. The van der Waals surface area contributed by atoms with Crippen LogP contribution in [0.2, 0.25) is 0 Å². The zero-order valence-electron chi connectivity index (χ0n) is 9.51. The summed E-state index contributed by atoms with van der Waals surface area (Å²) in [7, 11) is 0. The van der Waals surface area contributed by atoms with Gasteiger partial charge in [0.25, 0.3) is 5.91 Å². The van der Waals surface area contributed by atoms with E-state index in [1.54, 1.807) is 23.9 Å². The highest BCUT2D eigenvalue weighted by molar-refractivity contribution is 7.98. The molecule has 0 unspecified atom stereocenters. The average Bonchev–Trinajstić information content (AvgIpc) is 2.40. The third kappa shape index (κ3) is 3.11. The summed E-state index contributed by atoms with van der Waals surface area (Å²) in [5, 5.41) is 2.88. The third-order valence-corrected chi connectivity index (χ3v) is 3.09. The first-order chi connectivity index (χ1) is 8.29. The van der Waals surface area contributed by atoms with Crippen LogP contribution in [0, 0.1) is 0 Å². The SMILES string of the molecule is CSc1cccc(NC(=O)c2ccccc2)c1.[HH]. The Balaban J connectivity index is 0.00000162. The molecular weight excluding hydrogens is 230 g/mol. The van der Waals surface area contributed by atoms with Crippen LogP contribution in [0.15, 0.2) is 59.5 Å². The molecule has 0 radical (unpaired) electrons. The molecule has 17 heavy (non-hydrogen) atoms. The molecule has 1 N–H and O–H groups in total. The first kappa shape index (κ1) is 11.7. The molecule has 0 fully saturated rings. The second kappa shape index (κ2) is 5.55. The van der Waals surface area contributed by atoms with E-state index in [4.69, 9.17) is 0 Å². The van der Waals surface area contributed by atoms with Crippen LogP contribution in [0.5, 0.6) is 0 Å². The maximum absolute atomic E-state index is 11.9. The van der Waals surface area contributed by atoms with Gasteiger partial charge in [-0.15, -0.1) is 11.8 Å². The molecule has 0 atom stereocenters. The summed E-state index contributed by atoms with van der Waals surface area (Å²) >= 11 is 1.65. The van der Waals surface area contributed by atoms with E-state index in [0.29, 0.717) is 5.56 Å². The molecule has 0 spiro atoms. The van der Waals surface area contributed by atoms with Crippen molar-refractivity contribution in [2.24, 2.45) is 0 Å². The predicted octanol–water partition coefficient (Wildman–Crippen LogP) is 3.91. The summed E-state index contributed by atoms with van der Waals surface area (Å²) in [4.78, 5) is 13.0. The average molecular weight is 245 g/mol. The summed E-state index contributed by atoms with van der Waals surface area (Å²) in [6.07, 6.45) is 2.01. The zero-order valence-corrected chi connectivity index (χ0v) is 10.3. The third-order valence-electron chi connectivity index (χ3n) is 2.36. The van der Waals surface area contributed by atoms with Crippen molar-refractivity contribution in [2.45, 2.75) is 4.90 Å². The summed E-state index contributed by atoms with van der Waals surface area (Å²) < 4.78 is 0. The first-order valence-electron chi connectivity index (χ1n) is 5.30. The van der Waals surface area contributed by atoms with Gasteiger partial charge in [-0.3, -0.25) is 4.79 Å². The molecule has 2 rings (SSSR count). The molecule has 88 valence electrons. The standard InChI is InChI=1S/C14H13NOS.H2/c1-17-13-9-5-8-12(10-13)15-14(16)11-6-3-2-4-7-11;/h2-10H,1H3,(H,15,16);1H. The molecule has 0 heterocycles. The molecule has 2 aromatic rings. The van der Waals surface area contributed by atoms with Crippen LogP contribution in [0.1, 0.15) is 11.8 Å². The van der Waals surface area contributed by atoms with Gasteiger partial charge in [-0.1, -0.05) is 24.3 Å². The maximum Gasteiger partial charge on any atom is 0.255 e. The van der Waals surface area contributed by atoms with Crippen molar-refractivity contribution >= 4 is 23.4 Å². The van der Waals surface area contributed by atoms with Gasteiger partial charge in [0.1, 0.15) is 0 Å². The van der Waals surface area contributed by atoms with Gasteiger partial charge in [-0.25, -0.2) is 0 Å². The summed E-state index contributed by atoms with van der Waals surface area (Å²) in [5.74, 6) is -0.0798. The monoisotopic (exact) mass is 245 g/mol. The molecule has 0 saturated heterocycles. The van der Waals surface area contributed by atoms with Gasteiger partial charge in [-0.05, 0) is 36.6 Å². The lowest BCUT2D eigenvalue weighted by atomic mass is 10.2. The van der Waals surface area contributed by atoms with Crippen molar-refractivity contribution in [3.63, 3.8) is 0 Å². The van der Waals surface area contributed by atoms with Crippen LogP contribution in [-0.2, 0) is 0 Å². The van der Waals surface area contributed by atoms with Gasteiger partial charge < -0.3 is 5.32 Å². The molecule has 2 aromatic carbocycles. The van der Waals surface area contributed by atoms with Crippen molar-refractivity contribution in [2.75, 3.05) is 11.6 Å². The zero-order chi connectivity index (χ0) is 12.1. The number of benzene rings is 2. The van der Waals surface area contributed by atoms with E-state index < -0.39 is 0 Å². The molecule has 0 bridgehead atoms. The normalized spacial score (nSPS) is 9.94. The largest absolute Gasteiger partial charge is 0.322 e. The Morgan fingerprint density at radius 3 is 2.59 bits per heavy atom. The first-order valence-corrected chi connectivity index (χ1v) is 6.52. The van der Waals surface area contributed by atoms with Crippen molar-refractivity contribution in [3.05, 3.63) is 60.2 Å². The Morgan fingerprint density at radius 2 is 1.88 bits per heavy atom. The van der Waals surface area contributed by atoms with E-state index in [1.807, 2.05) is 48.7 Å². The summed E-state index contributed by atoms with van der Waals surface area (Å²) in [6, 6.07) is 17.0. The van der Waals surface area contributed by atoms with Gasteiger partial charge in [0, 0.05) is 17.6 Å². The fourth-order valence-electron chi connectivity index (χ4n) is 1.49. The Labute approximate surface area is 107 Å². The molecule has 0 aromatic heterocycles. The molecular formula is C14H15NOS. The number of hydrogen-bond acceptors (Lipinski definition) is 2. The fraction of sp³-hybridized carbons (Fsp3) is 0.0714. The molecule has 1 amide bonds. The van der Waals surface area contributed by atoms with E-state index in [9.17, 15) is 4.79 Å². The summed E-state index contributed by atoms with van der Waals surface area (Å²) in [5.41, 5.74) is 1.49. The highest BCUT2D eigenvalue weighted by atomic mass is 32.2. The van der Waals surface area contributed by atoms with E-state index in [2.05, 4.69) is 5.32 Å². The molecule has 0 aliphatic rings. The fourth-order valence-corrected chi connectivity index (χ4v) is 1.95. The quantitative estimate of drug-likeness (QED) is 0.831. The van der Waals surface area contributed by atoms with E-state index in [0.717, 1.165) is 10.6 Å². The van der Waals surface area contributed by atoms with Crippen LogP contribution in [0.25, 0.3) is 0 Å². The van der Waals surface area contributed by atoms with E-state index in [-0.39, 0.29) is 7.33 Å². The van der Waals surface area contributed by atoms with Crippen LogP contribution >= 0.6 is 11.8 Å². The number of amides is 1. The predicted molar refractivity (Wildman–Crippen MR) is 74.7 cm³/mol.